The summed E-state index contributed by atoms with van der Waals surface area (Å²) in [5.41, 5.74) is 10.4. The summed E-state index contributed by atoms with van der Waals surface area (Å²) in [7, 11) is 0. The first kappa shape index (κ1) is 30.5. The molecule has 0 bridgehead atoms. The SMILES string of the molecule is N=C1C=Cc2ccc3ccc(-c4ccccc4-c4nc(-c5cccc(-c6ccccc6)c5)nc(-c5cccc6oc7ccccc7c56)n4)cc3c2C1=N. The molecule has 1 aliphatic carbocycles. The quantitative estimate of drug-likeness (QED) is 0.189. The maximum Gasteiger partial charge on any atom is 0.164 e. The van der Waals surface area contributed by atoms with E-state index in [1.54, 1.807) is 6.08 Å². The molecule has 0 unspecified atom stereocenters. The zero-order valence-corrected chi connectivity index (χ0v) is 28.3. The molecule has 0 amide bonds. The minimum absolute atomic E-state index is 0.206. The van der Waals surface area contributed by atoms with Crippen molar-refractivity contribution in [1.29, 1.82) is 10.8 Å². The van der Waals surface area contributed by atoms with Gasteiger partial charge in [0.05, 0.1) is 11.4 Å². The van der Waals surface area contributed by atoms with Crippen LogP contribution in [0, 0.1) is 10.8 Å². The monoisotopic (exact) mass is 679 g/mol. The highest BCUT2D eigenvalue weighted by Crippen LogP contribution is 2.39. The third-order valence-electron chi connectivity index (χ3n) is 9.99. The second-order valence-corrected chi connectivity index (χ2v) is 13.2. The van der Waals surface area contributed by atoms with Crippen LogP contribution in [-0.4, -0.2) is 26.4 Å². The Kier molecular flexibility index (Phi) is 7.01. The van der Waals surface area contributed by atoms with Gasteiger partial charge in [-0.1, -0.05) is 133 Å². The smallest absolute Gasteiger partial charge is 0.164 e. The predicted molar refractivity (Wildman–Crippen MR) is 215 cm³/mol. The summed E-state index contributed by atoms with van der Waals surface area (Å²) in [5, 5.41) is 21.0. The summed E-state index contributed by atoms with van der Waals surface area (Å²) >= 11 is 0. The number of nitrogens with zero attached hydrogens (tertiary/aromatic N) is 3. The van der Waals surface area contributed by atoms with Crippen molar-refractivity contribution in [2.45, 2.75) is 0 Å². The fourth-order valence-electron chi connectivity index (χ4n) is 7.42. The number of furan rings is 1. The summed E-state index contributed by atoms with van der Waals surface area (Å²) in [6.45, 7) is 0. The van der Waals surface area contributed by atoms with Gasteiger partial charge in [-0.15, -0.1) is 0 Å². The van der Waals surface area contributed by atoms with Crippen LogP contribution in [0.1, 0.15) is 11.1 Å². The lowest BCUT2D eigenvalue weighted by atomic mass is 9.87. The number of hydrogen-bond donors (Lipinski definition) is 2. The molecule has 2 aromatic heterocycles. The topological polar surface area (TPSA) is 99.5 Å². The number of rotatable bonds is 5. The number of allylic oxidation sites excluding steroid dienone is 1. The molecule has 0 saturated heterocycles. The van der Waals surface area contributed by atoms with Gasteiger partial charge < -0.3 is 4.42 Å². The number of aromatic nitrogens is 3. The van der Waals surface area contributed by atoms with Crippen molar-refractivity contribution in [3.63, 3.8) is 0 Å². The molecule has 7 aromatic carbocycles. The van der Waals surface area contributed by atoms with Crippen LogP contribution in [0.25, 0.3) is 95.2 Å². The second kappa shape index (κ2) is 12.2. The van der Waals surface area contributed by atoms with Crippen LogP contribution in [0.2, 0.25) is 0 Å². The average Bonchev–Trinajstić information content (AvgIpc) is 3.61. The average molecular weight is 680 g/mol. The third kappa shape index (κ3) is 5.16. The van der Waals surface area contributed by atoms with Crippen LogP contribution in [0.5, 0.6) is 0 Å². The first-order valence-corrected chi connectivity index (χ1v) is 17.4. The van der Waals surface area contributed by atoms with Gasteiger partial charge in [0.25, 0.3) is 0 Å². The van der Waals surface area contributed by atoms with Crippen LogP contribution in [0.3, 0.4) is 0 Å². The maximum atomic E-state index is 8.78. The number of benzene rings is 7. The van der Waals surface area contributed by atoms with Crippen molar-refractivity contribution < 1.29 is 4.42 Å². The highest BCUT2D eigenvalue weighted by Gasteiger charge is 2.21. The highest BCUT2D eigenvalue weighted by atomic mass is 16.3. The number of hydrogen-bond acceptors (Lipinski definition) is 6. The van der Waals surface area contributed by atoms with Gasteiger partial charge in [0, 0.05) is 33.0 Å². The summed E-state index contributed by atoms with van der Waals surface area (Å²) in [5.74, 6) is 1.66. The second-order valence-electron chi connectivity index (χ2n) is 13.2. The van der Waals surface area contributed by atoms with Gasteiger partial charge in [-0.25, -0.2) is 15.0 Å². The van der Waals surface area contributed by atoms with Crippen LogP contribution < -0.4 is 0 Å². The van der Waals surface area contributed by atoms with Gasteiger partial charge >= 0.3 is 0 Å². The lowest BCUT2D eigenvalue weighted by Gasteiger charge is -2.17. The fraction of sp³-hybridized carbons (Fsp3) is 0. The Labute approximate surface area is 304 Å². The van der Waals surface area contributed by atoms with Gasteiger partial charge in [0.2, 0.25) is 0 Å². The largest absolute Gasteiger partial charge is 0.456 e. The van der Waals surface area contributed by atoms with Gasteiger partial charge in [-0.3, -0.25) is 10.8 Å². The van der Waals surface area contributed by atoms with E-state index in [4.69, 9.17) is 30.2 Å². The zero-order chi connectivity index (χ0) is 35.5. The van der Waals surface area contributed by atoms with Crippen molar-refractivity contribution >= 4 is 50.2 Å². The fourth-order valence-corrected chi connectivity index (χ4v) is 7.42. The molecule has 1 aliphatic rings. The molecule has 10 rings (SSSR count). The van der Waals surface area contributed by atoms with E-state index in [2.05, 4.69) is 66.7 Å². The lowest BCUT2D eigenvalue weighted by molar-refractivity contribution is 0.669. The molecule has 248 valence electrons. The van der Waals surface area contributed by atoms with E-state index in [1.807, 2.05) is 91.0 Å². The summed E-state index contributed by atoms with van der Waals surface area (Å²) in [6, 6.07) is 51.3. The first-order chi connectivity index (χ1) is 26.1. The van der Waals surface area contributed by atoms with E-state index in [0.717, 1.165) is 82.8 Å². The van der Waals surface area contributed by atoms with Crippen LogP contribution in [-0.2, 0) is 0 Å². The van der Waals surface area contributed by atoms with Crippen molar-refractivity contribution in [2.24, 2.45) is 0 Å². The predicted octanol–water partition coefficient (Wildman–Crippen LogP) is 11.7. The Balaban J connectivity index is 1.20. The van der Waals surface area contributed by atoms with E-state index in [0.29, 0.717) is 17.5 Å². The first-order valence-electron chi connectivity index (χ1n) is 17.4. The number of nitrogens with one attached hydrogen (secondary N) is 2. The van der Waals surface area contributed by atoms with Crippen LogP contribution in [0.15, 0.2) is 162 Å². The molecule has 53 heavy (non-hydrogen) atoms. The van der Waals surface area contributed by atoms with Crippen LogP contribution >= 0.6 is 0 Å². The molecule has 0 atom stereocenters. The van der Waals surface area contributed by atoms with Crippen molar-refractivity contribution in [3.8, 4) is 56.4 Å². The summed E-state index contributed by atoms with van der Waals surface area (Å²) < 4.78 is 6.27. The van der Waals surface area contributed by atoms with Gasteiger partial charge in [0.1, 0.15) is 11.2 Å². The Morgan fingerprint density at radius 1 is 0.434 bits per heavy atom. The molecule has 2 N–H and O–H groups in total. The highest BCUT2D eigenvalue weighted by molar-refractivity contribution is 6.53. The van der Waals surface area contributed by atoms with Crippen molar-refractivity contribution in [3.05, 3.63) is 169 Å². The van der Waals surface area contributed by atoms with Crippen molar-refractivity contribution in [1.82, 2.24) is 15.0 Å². The molecule has 6 heteroatoms. The summed E-state index contributed by atoms with van der Waals surface area (Å²) in [6.07, 6.45) is 3.61. The molecule has 2 heterocycles. The Hall–Kier alpha value is -7.31. The van der Waals surface area contributed by atoms with Gasteiger partial charge in [0.15, 0.2) is 17.5 Å². The van der Waals surface area contributed by atoms with E-state index in [1.165, 1.54) is 0 Å². The van der Waals surface area contributed by atoms with E-state index in [-0.39, 0.29) is 11.4 Å². The standard InChI is InChI=1S/C47H29N5O/c48-39-25-24-30-22-20-29-21-23-32(27-38(29)42(30)44(39)49)34-14-4-5-15-35(34)46-50-45(33-13-8-12-31(26-33)28-10-2-1-3-11-28)51-47(52-46)37-17-9-19-41-43(37)36-16-6-7-18-40(36)53-41/h1-27,48-49H. The molecule has 0 fully saturated rings. The Bertz CT molecular complexity index is 2990. The normalized spacial score (nSPS) is 12.5. The Morgan fingerprint density at radius 2 is 1.09 bits per heavy atom. The molecule has 9 aromatic rings. The molecule has 0 aliphatic heterocycles. The zero-order valence-electron chi connectivity index (χ0n) is 28.3. The maximum absolute atomic E-state index is 8.78. The minimum atomic E-state index is 0.206. The molecule has 0 saturated carbocycles. The van der Waals surface area contributed by atoms with E-state index < -0.39 is 0 Å². The lowest BCUT2D eigenvalue weighted by Crippen LogP contribution is -2.16. The molecular weight excluding hydrogens is 651 g/mol. The van der Waals surface area contributed by atoms with E-state index in [9.17, 15) is 0 Å². The number of fused-ring (bicyclic) bond motifs is 6. The Morgan fingerprint density at radius 3 is 1.98 bits per heavy atom. The number of para-hydroxylation sites is 1. The summed E-state index contributed by atoms with van der Waals surface area (Å²) in [4.78, 5) is 15.6. The molecule has 0 spiro atoms. The van der Waals surface area contributed by atoms with Crippen molar-refractivity contribution in [2.75, 3.05) is 0 Å². The molecule has 6 nitrogen and oxygen atoms in total. The molecular formula is C47H29N5O. The molecule has 0 radical (unpaired) electrons. The van der Waals surface area contributed by atoms with Crippen LogP contribution in [0.4, 0.5) is 0 Å². The third-order valence-corrected chi connectivity index (χ3v) is 9.99. The van der Waals surface area contributed by atoms with Gasteiger partial charge in [-0.05, 0) is 68.9 Å². The minimum Gasteiger partial charge on any atom is -0.456 e. The van der Waals surface area contributed by atoms with Gasteiger partial charge in [-0.2, -0.15) is 0 Å². The van der Waals surface area contributed by atoms with E-state index >= 15 is 0 Å².